The van der Waals surface area contributed by atoms with Gasteiger partial charge in [0, 0.05) is 47.2 Å². The summed E-state index contributed by atoms with van der Waals surface area (Å²) >= 11 is 1.90. The van der Waals surface area contributed by atoms with Gasteiger partial charge in [0.05, 0.1) is 17.8 Å². The molecule has 144 valence electrons. The number of amides is 1. The van der Waals surface area contributed by atoms with Crippen LogP contribution in [0.3, 0.4) is 0 Å². The number of carbonyl (C=O) groups is 1. The minimum absolute atomic E-state index is 0.0901. The molecule has 0 N–H and O–H groups in total. The SMILES string of the molecule is CCOc1cc(-c2ccc(C)cc2)nc2ccc(C(=O)N3CCSCC3)cc12. The number of aryl methyl sites for hydroxylation is 1. The highest BCUT2D eigenvalue weighted by atomic mass is 32.2. The van der Waals surface area contributed by atoms with Crippen LogP contribution in [0.1, 0.15) is 22.8 Å². The molecule has 0 unspecified atom stereocenters. The van der Waals surface area contributed by atoms with Gasteiger partial charge in [-0.25, -0.2) is 4.98 Å². The molecule has 3 aromatic rings. The van der Waals surface area contributed by atoms with Crippen LogP contribution in [-0.4, -0.2) is 47.0 Å². The maximum Gasteiger partial charge on any atom is 0.253 e. The molecule has 0 saturated carbocycles. The molecule has 1 aliphatic rings. The minimum atomic E-state index is 0.0901. The van der Waals surface area contributed by atoms with Crippen LogP contribution >= 0.6 is 11.8 Å². The van der Waals surface area contributed by atoms with Gasteiger partial charge in [-0.2, -0.15) is 11.8 Å². The van der Waals surface area contributed by atoms with Gasteiger partial charge in [0.15, 0.2) is 0 Å². The van der Waals surface area contributed by atoms with Crippen molar-refractivity contribution in [2.24, 2.45) is 0 Å². The van der Waals surface area contributed by atoms with E-state index in [1.165, 1.54) is 5.56 Å². The second-order valence-corrected chi connectivity index (χ2v) is 8.17. The highest BCUT2D eigenvalue weighted by Crippen LogP contribution is 2.31. The Kier molecular flexibility index (Phi) is 5.53. The van der Waals surface area contributed by atoms with Crippen LogP contribution < -0.4 is 4.74 Å². The predicted molar refractivity (Wildman–Crippen MR) is 116 cm³/mol. The van der Waals surface area contributed by atoms with Crippen molar-refractivity contribution in [1.29, 1.82) is 0 Å². The molecular weight excluding hydrogens is 368 g/mol. The summed E-state index contributed by atoms with van der Waals surface area (Å²) in [4.78, 5) is 19.6. The van der Waals surface area contributed by atoms with Crippen molar-refractivity contribution in [2.75, 3.05) is 31.2 Å². The zero-order chi connectivity index (χ0) is 19.5. The second kappa shape index (κ2) is 8.23. The van der Waals surface area contributed by atoms with Crippen molar-refractivity contribution >= 4 is 28.6 Å². The Morgan fingerprint density at radius 1 is 1.11 bits per heavy atom. The van der Waals surface area contributed by atoms with Gasteiger partial charge in [-0.3, -0.25) is 4.79 Å². The molecule has 28 heavy (non-hydrogen) atoms. The Morgan fingerprint density at radius 3 is 2.57 bits per heavy atom. The van der Waals surface area contributed by atoms with Crippen LogP contribution in [0.2, 0.25) is 0 Å². The monoisotopic (exact) mass is 392 g/mol. The fourth-order valence-electron chi connectivity index (χ4n) is 3.42. The first-order valence-electron chi connectivity index (χ1n) is 9.67. The molecule has 5 heteroatoms. The zero-order valence-corrected chi connectivity index (χ0v) is 17.1. The van der Waals surface area contributed by atoms with Gasteiger partial charge in [0.1, 0.15) is 5.75 Å². The van der Waals surface area contributed by atoms with Crippen molar-refractivity contribution in [3.8, 4) is 17.0 Å². The summed E-state index contributed by atoms with van der Waals surface area (Å²) in [5.41, 5.74) is 4.69. The molecule has 4 rings (SSSR count). The van der Waals surface area contributed by atoms with Crippen LogP contribution in [0.5, 0.6) is 5.75 Å². The van der Waals surface area contributed by atoms with E-state index in [4.69, 9.17) is 9.72 Å². The molecule has 2 heterocycles. The van der Waals surface area contributed by atoms with E-state index >= 15 is 0 Å². The fraction of sp³-hybridized carbons (Fsp3) is 0.304. The van der Waals surface area contributed by atoms with Gasteiger partial charge in [-0.05, 0) is 32.0 Å². The van der Waals surface area contributed by atoms with E-state index in [1.807, 2.05) is 47.9 Å². The normalized spacial score (nSPS) is 14.3. The topological polar surface area (TPSA) is 42.4 Å². The van der Waals surface area contributed by atoms with E-state index in [0.717, 1.165) is 52.5 Å². The maximum absolute atomic E-state index is 12.9. The number of fused-ring (bicyclic) bond motifs is 1. The Morgan fingerprint density at radius 2 is 1.86 bits per heavy atom. The predicted octanol–water partition coefficient (Wildman–Crippen LogP) is 4.80. The van der Waals surface area contributed by atoms with E-state index in [1.54, 1.807) is 0 Å². The maximum atomic E-state index is 12.9. The van der Waals surface area contributed by atoms with Crippen molar-refractivity contribution in [1.82, 2.24) is 9.88 Å². The van der Waals surface area contributed by atoms with Crippen LogP contribution in [-0.2, 0) is 0 Å². The quantitative estimate of drug-likeness (QED) is 0.640. The van der Waals surface area contributed by atoms with Gasteiger partial charge >= 0.3 is 0 Å². The zero-order valence-electron chi connectivity index (χ0n) is 16.3. The average molecular weight is 393 g/mol. The largest absolute Gasteiger partial charge is 0.493 e. The molecule has 1 amide bonds. The molecule has 1 fully saturated rings. The third-order valence-corrected chi connectivity index (χ3v) is 5.91. The third kappa shape index (κ3) is 3.85. The second-order valence-electron chi connectivity index (χ2n) is 6.94. The van der Waals surface area contributed by atoms with Gasteiger partial charge in [0.25, 0.3) is 5.91 Å². The number of benzene rings is 2. The Bertz CT molecular complexity index is 995. The molecular formula is C23H24N2O2S. The smallest absolute Gasteiger partial charge is 0.253 e. The highest BCUT2D eigenvalue weighted by Gasteiger charge is 2.19. The number of thioether (sulfide) groups is 1. The Balaban J connectivity index is 1.75. The van der Waals surface area contributed by atoms with Crippen molar-refractivity contribution in [3.05, 3.63) is 59.7 Å². The van der Waals surface area contributed by atoms with Gasteiger partial charge in [-0.1, -0.05) is 29.8 Å². The molecule has 1 aliphatic heterocycles. The number of aromatic nitrogens is 1. The van der Waals surface area contributed by atoms with Crippen LogP contribution in [0.15, 0.2) is 48.5 Å². The van der Waals surface area contributed by atoms with Gasteiger partial charge in [0.2, 0.25) is 0 Å². The van der Waals surface area contributed by atoms with E-state index in [9.17, 15) is 4.79 Å². The summed E-state index contributed by atoms with van der Waals surface area (Å²) in [6.07, 6.45) is 0. The number of ether oxygens (including phenoxy) is 1. The summed E-state index contributed by atoms with van der Waals surface area (Å²) < 4.78 is 5.92. The van der Waals surface area contributed by atoms with Gasteiger partial charge < -0.3 is 9.64 Å². The molecule has 1 saturated heterocycles. The number of nitrogens with zero attached hydrogens (tertiary/aromatic N) is 2. The molecule has 0 bridgehead atoms. The summed E-state index contributed by atoms with van der Waals surface area (Å²) in [7, 11) is 0. The number of hydrogen-bond acceptors (Lipinski definition) is 4. The van der Waals surface area contributed by atoms with Crippen LogP contribution in [0, 0.1) is 6.92 Å². The molecule has 2 aromatic carbocycles. The number of pyridine rings is 1. The Hall–Kier alpha value is -2.53. The molecule has 4 nitrogen and oxygen atoms in total. The first-order valence-corrected chi connectivity index (χ1v) is 10.8. The van der Waals surface area contributed by atoms with E-state index in [0.29, 0.717) is 12.2 Å². The molecule has 0 aliphatic carbocycles. The van der Waals surface area contributed by atoms with Crippen molar-refractivity contribution < 1.29 is 9.53 Å². The lowest BCUT2D eigenvalue weighted by Gasteiger charge is -2.26. The van der Waals surface area contributed by atoms with E-state index < -0.39 is 0 Å². The number of rotatable bonds is 4. The fourth-order valence-corrected chi connectivity index (χ4v) is 4.33. The van der Waals surface area contributed by atoms with E-state index in [2.05, 4.69) is 31.2 Å². The average Bonchev–Trinajstić information content (AvgIpc) is 2.74. The number of hydrogen-bond donors (Lipinski definition) is 0. The summed E-state index contributed by atoms with van der Waals surface area (Å²) in [5, 5.41) is 0.884. The third-order valence-electron chi connectivity index (χ3n) is 4.96. The number of carbonyl (C=O) groups excluding carboxylic acids is 1. The van der Waals surface area contributed by atoms with Crippen LogP contribution in [0.4, 0.5) is 0 Å². The lowest BCUT2D eigenvalue weighted by molar-refractivity contribution is 0.0772. The lowest BCUT2D eigenvalue weighted by atomic mass is 10.0. The molecule has 1 aromatic heterocycles. The first kappa shape index (κ1) is 18.8. The van der Waals surface area contributed by atoms with Crippen molar-refractivity contribution in [3.63, 3.8) is 0 Å². The molecule has 0 spiro atoms. The van der Waals surface area contributed by atoms with Crippen molar-refractivity contribution in [2.45, 2.75) is 13.8 Å². The van der Waals surface area contributed by atoms with Crippen LogP contribution in [0.25, 0.3) is 22.2 Å². The standard InChI is InChI=1S/C23H24N2O2S/c1-3-27-22-15-21(17-6-4-16(2)5-7-17)24-20-9-8-18(14-19(20)22)23(26)25-10-12-28-13-11-25/h4-9,14-15H,3,10-13H2,1-2H3. The van der Waals surface area contributed by atoms with Gasteiger partial charge in [-0.15, -0.1) is 0 Å². The lowest BCUT2D eigenvalue weighted by Crippen LogP contribution is -2.37. The highest BCUT2D eigenvalue weighted by molar-refractivity contribution is 7.99. The molecule has 0 atom stereocenters. The minimum Gasteiger partial charge on any atom is -0.493 e. The summed E-state index contributed by atoms with van der Waals surface area (Å²) in [5.74, 6) is 2.87. The summed E-state index contributed by atoms with van der Waals surface area (Å²) in [6.45, 7) is 6.23. The van der Waals surface area contributed by atoms with E-state index in [-0.39, 0.29) is 5.91 Å². The Labute approximate surface area is 169 Å². The molecule has 0 radical (unpaired) electrons. The first-order chi connectivity index (χ1) is 13.7. The summed E-state index contributed by atoms with van der Waals surface area (Å²) in [6, 6.07) is 16.0.